The Labute approximate surface area is 162 Å². The van der Waals surface area contributed by atoms with E-state index in [2.05, 4.69) is 12.1 Å². The minimum Gasteiger partial charge on any atom is -0.444 e. The Hall–Kier alpha value is -1.91. The molecule has 0 atom stereocenters. The van der Waals surface area contributed by atoms with Gasteiger partial charge in [0.25, 0.3) is 0 Å². The van der Waals surface area contributed by atoms with Crippen LogP contribution >= 0.6 is 0 Å². The maximum Gasteiger partial charge on any atom is 0.410 e. The second-order valence-corrected chi connectivity index (χ2v) is 8.96. The molecule has 1 fully saturated rings. The molecule has 5 heteroatoms. The first-order valence-electron chi connectivity index (χ1n) is 10.3. The zero-order valence-electron chi connectivity index (χ0n) is 16.9. The summed E-state index contributed by atoms with van der Waals surface area (Å²) in [4.78, 5) is 30.6. The van der Waals surface area contributed by atoms with Crippen molar-refractivity contribution in [3.63, 3.8) is 0 Å². The van der Waals surface area contributed by atoms with Crippen molar-refractivity contribution in [1.29, 1.82) is 0 Å². The van der Waals surface area contributed by atoms with Crippen LogP contribution in [-0.4, -0.2) is 40.5 Å². The van der Waals surface area contributed by atoms with E-state index < -0.39 is 5.60 Å². The van der Waals surface area contributed by atoms with Gasteiger partial charge in [-0.3, -0.25) is 9.78 Å². The average Bonchev–Trinajstić information content (AvgIpc) is 2.56. The first-order valence-corrected chi connectivity index (χ1v) is 10.3. The molecule has 0 radical (unpaired) electrons. The van der Waals surface area contributed by atoms with Gasteiger partial charge < -0.3 is 9.64 Å². The van der Waals surface area contributed by atoms with Crippen molar-refractivity contribution >= 4 is 11.9 Å². The van der Waals surface area contributed by atoms with Crippen LogP contribution in [0.15, 0.2) is 12.1 Å². The highest BCUT2D eigenvalue weighted by atomic mass is 16.6. The van der Waals surface area contributed by atoms with Gasteiger partial charge in [0, 0.05) is 43.2 Å². The molecule has 0 saturated carbocycles. The number of nitrogens with zero attached hydrogens (tertiary/aromatic N) is 2. The summed E-state index contributed by atoms with van der Waals surface area (Å²) in [7, 11) is 0. The predicted octanol–water partition coefficient (Wildman–Crippen LogP) is 4.11. The number of rotatable bonds is 6. The smallest absolute Gasteiger partial charge is 0.410 e. The van der Waals surface area contributed by atoms with Crippen molar-refractivity contribution in [2.75, 3.05) is 13.1 Å². The third-order valence-corrected chi connectivity index (χ3v) is 5.25. The van der Waals surface area contributed by atoms with E-state index in [4.69, 9.17) is 9.72 Å². The first kappa shape index (κ1) is 19.8. The summed E-state index contributed by atoms with van der Waals surface area (Å²) in [6.45, 7) is 6.86. The van der Waals surface area contributed by atoms with Crippen LogP contribution in [0.3, 0.4) is 0 Å². The molecule has 1 aromatic rings. The van der Waals surface area contributed by atoms with E-state index in [0.29, 0.717) is 31.7 Å². The average molecular weight is 373 g/mol. The van der Waals surface area contributed by atoms with Gasteiger partial charge in [-0.05, 0) is 70.9 Å². The number of ether oxygens (including phenoxy) is 1. The van der Waals surface area contributed by atoms with Crippen molar-refractivity contribution < 1.29 is 14.3 Å². The van der Waals surface area contributed by atoms with Gasteiger partial charge in [0.05, 0.1) is 0 Å². The highest BCUT2D eigenvalue weighted by Gasteiger charge is 2.34. The maximum absolute atomic E-state index is 12.2. The Morgan fingerprint density at radius 1 is 1.19 bits per heavy atom. The van der Waals surface area contributed by atoms with E-state index >= 15 is 0 Å². The third kappa shape index (κ3) is 5.78. The number of hydrogen-bond donors (Lipinski definition) is 0. The largest absolute Gasteiger partial charge is 0.444 e. The molecular formula is C22H32N2O3. The third-order valence-electron chi connectivity index (χ3n) is 5.25. The van der Waals surface area contributed by atoms with Crippen LogP contribution in [0, 0.1) is 5.92 Å². The number of carbonyl (C=O) groups excluding carboxylic acids is 2. The lowest BCUT2D eigenvalue weighted by molar-refractivity contribution is -0.121. The van der Waals surface area contributed by atoms with E-state index in [1.807, 2.05) is 20.8 Å². The Morgan fingerprint density at radius 2 is 1.93 bits per heavy atom. The van der Waals surface area contributed by atoms with Crippen LogP contribution in [-0.2, 0) is 28.8 Å². The topological polar surface area (TPSA) is 59.5 Å². The molecule has 3 rings (SSSR count). The van der Waals surface area contributed by atoms with Crippen molar-refractivity contribution in [2.24, 2.45) is 5.92 Å². The van der Waals surface area contributed by atoms with Gasteiger partial charge in [0.1, 0.15) is 11.4 Å². The Bertz CT molecular complexity index is 687. The molecule has 2 heterocycles. The van der Waals surface area contributed by atoms with Crippen molar-refractivity contribution in [3.05, 3.63) is 29.1 Å². The maximum atomic E-state index is 12.2. The van der Waals surface area contributed by atoms with Crippen LogP contribution < -0.4 is 0 Å². The lowest BCUT2D eigenvalue weighted by Crippen LogP contribution is -2.52. The second-order valence-electron chi connectivity index (χ2n) is 8.96. The number of Topliss-reactive ketones (excluding diaryl/α,β-unsaturated/α-hetero) is 1. The molecule has 0 aromatic carbocycles. The molecule has 2 aliphatic rings. The summed E-state index contributed by atoms with van der Waals surface area (Å²) in [6, 6.07) is 4.34. The van der Waals surface area contributed by atoms with Crippen molar-refractivity contribution in [3.8, 4) is 0 Å². The highest BCUT2D eigenvalue weighted by Crippen LogP contribution is 2.23. The summed E-state index contributed by atoms with van der Waals surface area (Å²) in [5.41, 5.74) is 3.31. The number of pyridine rings is 1. The summed E-state index contributed by atoms with van der Waals surface area (Å²) in [6.07, 6.45) is 7.38. The quantitative estimate of drug-likeness (QED) is 0.754. The molecule has 1 aliphatic carbocycles. The first-order chi connectivity index (χ1) is 12.8. The number of aryl methyl sites for hydroxylation is 3. The standard InChI is InChI=1S/C22H32N2O3/c1-22(2,3)27-21(26)24-14-16(15-24)13-19(25)9-6-8-18-12-11-17-7-4-5-10-20(17)23-18/h11-12,16H,4-10,13-15H2,1-3H3. The molecule has 1 saturated heterocycles. The SMILES string of the molecule is CC(C)(C)OC(=O)N1CC(CC(=O)CCCc2ccc3c(n2)CCCC3)C1. The van der Waals surface area contributed by atoms with Gasteiger partial charge in [-0.25, -0.2) is 4.79 Å². The van der Waals surface area contributed by atoms with E-state index in [-0.39, 0.29) is 12.0 Å². The van der Waals surface area contributed by atoms with Gasteiger partial charge in [-0.15, -0.1) is 0 Å². The molecule has 1 aromatic heterocycles. The van der Waals surface area contributed by atoms with Gasteiger partial charge in [-0.2, -0.15) is 0 Å². The minimum absolute atomic E-state index is 0.273. The number of aromatic nitrogens is 1. The Kier molecular flexibility index (Phi) is 6.18. The summed E-state index contributed by atoms with van der Waals surface area (Å²) < 4.78 is 5.34. The minimum atomic E-state index is -0.470. The number of carbonyl (C=O) groups is 2. The molecule has 1 aliphatic heterocycles. The number of amides is 1. The summed E-state index contributed by atoms with van der Waals surface area (Å²) in [5, 5.41) is 0. The highest BCUT2D eigenvalue weighted by molar-refractivity contribution is 5.79. The van der Waals surface area contributed by atoms with Gasteiger partial charge >= 0.3 is 6.09 Å². The fraction of sp³-hybridized carbons (Fsp3) is 0.682. The number of ketones is 1. The fourth-order valence-corrected chi connectivity index (χ4v) is 3.83. The lowest BCUT2D eigenvalue weighted by Gasteiger charge is -2.39. The fourth-order valence-electron chi connectivity index (χ4n) is 3.83. The molecule has 0 unspecified atom stereocenters. The molecule has 148 valence electrons. The Morgan fingerprint density at radius 3 is 2.67 bits per heavy atom. The predicted molar refractivity (Wildman–Crippen MR) is 105 cm³/mol. The number of likely N-dealkylation sites (tertiary alicyclic amines) is 1. The normalized spacial score (nSPS) is 17.2. The molecule has 5 nitrogen and oxygen atoms in total. The van der Waals surface area contributed by atoms with E-state index in [1.54, 1.807) is 4.90 Å². The van der Waals surface area contributed by atoms with Crippen molar-refractivity contribution in [2.45, 2.75) is 77.7 Å². The zero-order chi connectivity index (χ0) is 19.4. The van der Waals surface area contributed by atoms with E-state index in [9.17, 15) is 9.59 Å². The van der Waals surface area contributed by atoms with Crippen LogP contribution in [0.25, 0.3) is 0 Å². The molecule has 1 amide bonds. The van der Waals surface area contributed by atoms with E-state index in [1.165, 1.54) is 24.1 Å². The van der Waals surface area contributed by atoms with Gasteiger partial charge in [-0.1, -0.05) is 6.07 Å². The summed E-state index contributed by atoms with van der Waals surface area (Å²) in [5.74, 6) is 0.577. The molecular weight excluding hydrogens is 340 g/mol. The number of fused-ring (bicyclic) bond motifs is 1. The second kappa shape index (κ2) is 8.41. The van der Waals surface area contributed by atoms with Gasteiger partial charge in [0.2, 0.25) is 0 Å². The summed E-state index contributed by atoms with van der Waals surface area (Å²) >= 11 is 0. The number of hydrogen-bond acceptors (Lipinski definition) is 4. The van der Waals surface area contributed by atoms with Crippen LogP contribution in [0.2, 0.25) is 0 Å². The van der Waals surface area contributed by atoms with Crippen LogP contribution in [0.5, 0.6) is 0 Å². The lowest BCUT2D eigenvalue weighted by atomic mass is 9.92. The van der Waals surface area contributed by atoms with Crippen molar-refractivity contribution in [1.82, 2.24) is 9.88 Å². The van der Waals surface area contributed by atoms with Crippen LogP contribution in [0.1, 0.15) is 69.8 Å². The molecule has 0 spiro atoms. The van der Waals surface area contributed by atoms with E-state index in [0.717, 1.165) is 31.4 Å². The zero-order valence-corrected chi connectivity index (χ0v) is 16.9. The molecule has 27 heavy (non-hydrogen) atoms. The molecule has 0 bridgehead atoms. The monoisotopic (exact) mass is 372 g/mol. The molecule has 0 N–H and O–H groups in total. The van der Waals surface area contributed by atoms with Crippen LogP contribution in [0.4, 0.5) is 4.79 Å². The Balaban J connectivity index is 1.33. The van der Waals surface area contributed by atoms with Gasteiger partial charge in [0.15, 0.2) is 0 Å².